The van der Waals surface area contributed by atoms with E-state index in [-0.39, 0.29) is 23.8 Å². The first-order valence-corrected chi connectivity index (χ1v) is 9.84. The van der Waals surface area contributed by atoms with Gasteiger partial charge in [0.1, 0.15) is 12.3 Å². The molecule has 1 aliphatic rings. The summed E-state index contributed by atoms with van der Waals surface area (Å²) in [7, 11) is 0. The number of aldehydes is 1. The molecule has 28 heavy (non-hydrogen) atoms. The van der Waals surface area contributed by atoms with E-state index in [4.69, 9.17) is 10.5 Å². The molecule has 1 fully saturated rings. The van der Waals surface area contributed by atoms with Crippen molar-refractivity contribution in [3.05, 3.63) is 35.9 Å². The Balaban J connectivity index is 2.09. The molecule has 1 aromatic carbocycles. The maximum Gasteiger partial charge on any atom is 0.243 e. The molecule has 4 atom stereocenters. The molecule has 0 spiro atoms. The van der Waals surface area contributed by atoms with E-state index in [1.54, 1.807) is 0 Å². The Bertz CT molecular complexity index is 665. The zero-order valence-electron chi connectivity index (χ0n) is 16.8. The molecule has 1 heterocycles. The van der Waals surface area contributed by atoms with Crippen LogP contribution in [-0.2, 0) is 25.7 Å². The molecule has 7 nitrogen and oxygen atoms in total. The molecule has 0 radical (unpaired) electrons. The minimum absolute atomic E-state index is 0.0427. The van der Waals surface area contributed by atoms with Crippen LogP contribution >= 0.6 is 0 Å². The van der Waals surface area contributed by atoms with Gasteiger partial charge in [0.05, 0.1) is 24.8 Å². The Kier molecular flexibility index (Phi) is 8.14. The Morgan fingerprint density at radius 3 is 2.57 bits per heavy atom. The molecule has 1 aliphatic heterocycles. The minimum Gasteiger partial charge on any atom is -0.372 e. The van der Waals surface area contributed by atoms with E-state index in [1.807, 2.05) is 51.1 Å². The molecule has 0 saturated carbocycles. The van der Waals surface area contributed by atoms with E-state index in [9.17, 15) is 14.4 Å². The number of nitrogens with two attached hydrogens (primary N) is 1. The van der Waals surface area contributed by atoms with Crippen LogP contribution in [0.15, 0.2) is 30.3 Å². The van der Waals surface area contributed by atoms with Crippen LogP contribution in [0.25, 0.3) is 0 Å². The lowest BCUT2D eigenvalue weighted by Crippen LogP contribution is -2.54. The highest BCUT2D eigenvalue weighted by Crippen LogP contribution is 2.24. The average molecular weight is 389 g/mol. The third kappa shape index (κ3) is 5.62. The Hall–Kier alpha value is -2.25. The van der Waals surface area contributed by atoms with E-state index >= 15 is 0 Å². The minimum atomic E-state index is -0.688. The van der Waals surface area contributed by atoms with Crippen molar-refractivity contribution in [1.82, 2.24) is 10.2 Å². The summed E-state index contributed by atoms with van der Waals surface area (Å²) >= 11 is 0. The first-order chi connectivity index (χ1) is 13.4. The van der Waals surface area contributed by atoms with E-state index in [0.717, 1.165) is 5.56 Å². The lowest BCUT2D eigenvalue weighted by Gasteiger charge is -2.28. The standard InChI is InChI=1S/C21H31N3O4/c1-4-16(12-25)23-20(26)18-10-17(28-13-15-8-6-5-7-9-15)11-24(18)21(27)19(22)14(2)3/h5-9,12,14,16-19H,4,10-11,13,22H2,1-3H3,(H,23,26)/t16-,17+,18-,19-/m0/s1. The number of hydrogen-bond acceptors (Lipinski definition) is 5. The van der Waals surface area contributed by atoms with Gasteiger partial charge in [0.15, 0.2) is 0 Å². The van der Waals surface area contributed by atoms with Crippen molar-refractivity contribution in [3.63, 3.8) is 0 Å². The normalized spacial score (nSPS) is 21.4. The van der Waals surface area contributed by atoms with Gasteiger partial charge >= 0.3 is 0 Å². The highest BCUT2D eigenvalue weighted by atomic mass is 16.5. The molecule has 2 rings (SSSR count). The van der Waals surface area contributed by atoms with Gasteiger partial charge in [-0.3, -0.25) is 9.59 Å². The summed E-state index contributed by atoms with van der Waals surface area (Å²) in [5.41, 5.74) is 7.07. The number of ether oxygens (including phenoxy) is 1. The Morgan fingerprint density at radius 1 is 1.32 bits per heavy atom. The van der Waals surface area contributed by atoms with Gasteiger partial charge in [-0.15, -0.1) is 0 Å². The fraction of sp³-hybridized carbons (Fsp3) is 0.571. The van der Waals surface area contributed by atoms with Gasteiger partial charge < -0.3 is 25.5 Å². The number of nitrogens with one attached hydrogen (secondary N) is 1. The van der Waals surface area contributed by atoms with Crippen molar-refractivity contribution in [3.8, 4) is 0 Å². The molecule has 1 saturated heterocycles. The summed E-state index contributed by atoms with van der Waals surface area (Å²) in [5, 5.41) is 2.71. The van der Waals surface area contributed by atoms with Gasteiger partial charge in [0.2, 0.25) is 11.8 Å². The van der Waals surface area contributed by atoms with Gasteiger partial charge in [-0.2, -0.15) is 0 Å². The number of benzene rings is 1. The van der Waals surface area contributed by atoms with Gasteiger partial charge in [-0.1, -0.05) is 51.1 Å². The molecular weight excluding hydrogens is 358 g/mol. The fourth-order valence-corrected chi connectivity index (χ4v) is 3.19. The smallest absolute Gasteiger partial charge is 0.243 e. The number of hydrogen-bond donors (Lipinski definition) is 2. The monoisotopic (exact) mass is 389 g/mol. The van der Waals surface area contributed by atoms with Crippen molar-refractivity contribution in [2.75, 3.05) is 6.54 Å². The third-order valence-electron chi connectivity index (χ3n) is 5.11. The van der Waals surface area contributed by atoms with Crippen LogP contribution < -0.4 is 11.1 Å². The number of rotatable bonds is 9. The predicted molar refractivity (Wildman–Crippen MR) is 106 cm³/mol. The van der Waals surface area contributed by atoms with Crippen LogP contribution in [0.2, 0.25) is 0 Å². The zero-order chi connectivity index (χ0) is 20.7. The lowest BCUT2D eigenvalue weighted by atomic mass is 10.0. The second-order valence-electron chi connectivity index (χ2n) is 7.59. The summed E-state index contributed by atoms with van der Waals surface area (Å²) in [6.07, 6.45) is 1.32. The summed E-state index contributed by atoms with van der Waals surface area (Å²) < 4.78 is 5.96. The largest absolute Gasteiger partial charge is 0.372 e. The van der Waals surface area contributed by atoms with Crippen LogP contribution in [-0.4, -0.2) is 53.8 Å². The van der Waals surface area contributed by atoms with Crippen molar-refractivity contribution >= 4 is 18.1 Å². The molecular formula is C21H31N3O4. The Labute approximate surface area is 166 Å². The molecule has 2 amide bonds. The molecule has 7 heteroatoms. The molecule has 0 aromatic heterocycles. The van der Waals surface area contributed by atoms with Gasteiger partial charge in [-0.25, -0.2) is 0 Å². The highest BCUT2D eigenvalue weighted by Gasteiger charge is 2.42. The SMILES string of the molecule is CC[C@@H](C=O)NC(=O)[C@@H]1C[C@@H](OCc2ccccc2)CN1C(=O)[C@@H](N)C(C)C. The van der Waals surface area contributed by atoms with Crippen LogP contribution in [0.3, 0.4) is 0 Å². The first-order valence-electron chi connectivity index (χ1n) is 9.84. The number of carbonyl (C=O) groups excluding carboxylic acids is 3. The quantitative estimate of drug-likeness (QED) is 0.619. The molecule has 1 aromatic rings. The van der Waals surface area contributed by atoms with E-state index in [1.165, 1.54) is 4.90 Å². The van der Waals surface area contributed by atoms with Crippen molar-refractivity contribution in [1.29, 1.82) is 0 Å². The van der Waals surface area contributed by atoms with Crippen molar-refractivity contribution in [2.45, 2.75) is 64.4 Å². The molecule has 154 valence electrons. The molecule has 0 aliphatic carbocycles. The number of carbonyl (C=O) groups is 3. The number of nitrogens with zero attached hydrogens (tertiary/aromatic N) is 1. The van der Waals surface area contributed by atoms with E-state index in [2.05, 4.69) is 5.32 Å². The van der Waals surface area contributed by atoms with Gasteiger partial charge in [-0.05, 0) is 17.9 Å². The summed E-state index contributed by atoms with van der Waals surface area (Å²) in [4.78, 5) is 38.2. The predicted octanol–water partition coefficient (Wildman–Crippen LogP) is 1.25. The van der Waals surface area contributed by atoms with Crippen LogP contribution in [0.5, 0.6) is 0 Å². The highest BCUT2D eigenvalue weighted by molar-refractivity contribution is 5.91. The summed E-state index contributed by atoms with van der Waals surface area (Å²) in [5.74, 6) is -0.645. The number of amides is 2. The zero-order valence-corrected chi connectivity index (χ0v) is 16.8. The second-order valence-corrected chi connectivity index (χ2v) is 7.59. The summed E-state index contributed by atoms with van der Waals surface area (Å²) in [6.45, 7) is 6.27. The van der Waals surface area contributed by atoms with Crippen molar-refractivity contribution < 1.29 is 19.1 Å². The topological polar surface area (TPSA) is 102 Å². The molecule has 0 bridgehead atoms. The molecule has 3 N–H and O–H groups in total. The number of likely N-dealkylation sites (tertiary alicyclic amines) is 1. The average Bonchev–Trinajstić information content (AvgIpc) is 3.14. The van der Waals surface area contributed by atoms with Crippen LogP contribution in [0.4, 0.5) is 0 Å². The fourth-order valence-electron chi connectivity index (χ4n) is 3.19. The second kappa shape index (κ2) is 10.3. The van der Waals surface area contributed by atoms with E-state index in [0.29, 0.717) is 32.3 Å². The van der Waals surface area contributed by atoms with E-state index < -0.39 is 18.1 Å². The Morgan fingerprint density at radius 2 is 2.00 bits per heavy atom. The lowest BCUT2D eigenvalue weighted by molar-refractivity contribution is -0.140. The van der Waals surface area contributed by atoms with Crippen LogP contribution in [0, 0.1) is 5.92 Å². The van der Waals surface area contributed by atoms with Gasteiger partial charge in [0, 0.05) is 13.0 Å². The summed E-state index contributed by atoms with van der Waals surface area (Å²) in [6, 6.07) is 7.80. The molecule has 0 unspecified atom stereocenters. The van der Waals surface area contributed by atoms with Gasteiger partial charge in [0.25, 0.3) is 0 Å². The first kappa shape index (κ1) is 22.0. The third-order valence-corrected chi connectivity index (χ3v) is 5.11. The maximum absolute atomic E-state index is 12.8. The van der Waals surface area contributed by atoms with Crippen LogP contribution in [0.1, 0.15) is 39.2 Å². The maximum atomic E-state index is 12.8. The van der Waals surface area contributed by atoms with Crippen molar-refractivity contribution in [2.24, 2.45) is 11.7 Å².